The van der Waals surface area contributed by atoms with Gasteiger partial charge in [0.25, 0.3) is 0 Å². The fourth-order valence-electron chi connectivity index (χ4n) is 4.93. The van der Waals surface area contributed by atoms with Gasteiger partial charge in [0.1, 0.15) is 0 Å². The molecule has 1 aromatic heterocycles. The number of hydrogen-bond acceptors (Lipinski definition) is 3. The first-order chi connectivity index (χ1) is 17.3. The second-order valence-corrected chi connectivity index (χ2v) is 10.7. The first-order valence-corrected chi connectivity index (χ1v) is 12.5. The highest BCUT2D eigenvalue weighted by Crippen LogP contribution is 2.34. The number of fused-ring (bicyclic) bond motifs is 3. The van der Waals surface area contributed by atoms with E-state index in [0.717, 1.165) is 22.7 Å². The Morgan fingerprint density at radius 3 is 1.78 bits per heavy atom. The molecule has 6 rings (SSSR count). The zero-order valence-electron chi connectivity index (χ0n) is 21.5. The lowest BCUT2D eigenvalue weighted by Crippen LogP contribution is -2.28. The standard InChI is InChI=1S/C32H31N3O/c1-21-6-16-29-27(18-21)28-19-22(2)7-17-30(28)34(29)25-12-14-26(15-13-25)35-33-20-31(36-35)23-8-10-24(11-9-23)32(3,4)5/h6-20,33H,1-5H3. The molecule has 0 unspecified atom stereocenters. The van der Waals surface area contributed by atoms with Gasteiger partial charge in [-0.2, -0.15) is 0 Å². The summed E-state index contributed by atoms with van der Waals surface area (Å²) < 4.78 is 2.34. The predicted molar refractivity (Wildman–Crippen MR) is 150 cm³/mol. The summed E-state index contributed by atoms with van der Waals surface area (Å²) in [7, 11) is 0. The van der Waals surface area contributed by atoms with Crippen LogP contribution in [0.25, 0.3) is 33.3 Å². The largest absolute Gasteiger partial charge is 0.357 e. The lowest BCUT2D eigenvalue weighted by Gasteiger charge is -2.20. The Kier molecular flexibility index (Phi) is 5.08. The Hall–Kier alpha value is -4.18. The van der Waals surface area contributed by atoms with Crippen LogP contribution in [0.15, 0.2) is 91.1 Å². The summed E-state index contributed by atoms with van der Waals surface area (Å²) in [6.07, 6.45) is 1.90. The van der Waals surface area contributed by atoms with Crippen LogP contribution in [0.5, 0.6) is 0 Å². The lowest BCUT2D eigenvalue weighted by molar-refractivity contribution is 0.243. The van der Waals surface area contributed by atoms with Crippen molar-refractivity contribution in [1.82, 2.24) is 9.99 Å². The van der Waals surface area contributed by atoms with E-state index in [4.69, 9.17) is 4.84 Å². The number of anilines is 1. The van der Waals surface area contributed by atoms with E-state index in [1.165, 1.54) is 38.5 Å². The lowest BCUT2D eigenvalue weighted by atomic mass is 9.86. The van der Waals surface area contributed by atoms with Crippen LogP contribution in [0.3, 0.4) is 0 Å². The molecule has 1 N–H and O–H groups in total. The van der Waals surface area contributed by atoms with Crippen molar-refractivity contribution >= 4 is 33.3 Å². The van der Waals surface area contributed by atoms with Gasteiger partial charge in [-0.05, 0) is 73.4 Å². The zero-order chi connectivity index (χ0) is 25.0. The van der Waals surface area contributed by atoms with Crippen molar-refractivity contribution in [2.75, 3.05) is 5.17 Å². The molecular weight excluding hydrogens is 442 g/mol. The van der Waals surface area contributed by atoms with Crippen LogP contribution in [0, 0.1) is 13.8 Å². The number of nitrogens with zero attached hydrogens (tertiary/aromatic N) is 2. The third kappa shape index (κ3) is 3.79. The van der Waals surface area contributed by atoms with E-state index in [1.54, 1.807) is 5.17 Å². The minimum absolute atomic E-state index is 0.128. The van der Waals surface area contributed by atoms with Gasteiger partial charge >= 0.3 is 0 Å². The summed E-state index contributed by atoms with van der Waals surface area (Å²) >= 11 is 0. The van der Waals surface area contributed by atoms with Gasteiger partial charge in [-0.25, -0.2) is 0 Å². The van der Waals surface area contributed by atoms with Crippen molar-refractivity contribution in [3.05, 3.63) is 113 Å². The summed E-state index contributed by atoms with van der Waals surface area (Å²) in [5.41, 5.74) is 12.7. The molecule has 180 valence electrons. The number of aryl methyl sites for hydroxylation is 2. The summed E-state index contributed by atoms with van der Waals surface area (Å²) in [6, 6.07) is 30.4. The van der Waals surface area contributed by atoms with E-state index in [2.05, 4.69) is 130 Å². The molecule has 0 amide bonds. The maximum Gasteiger partial charge on any atom is 0.182 e. The zero-order valence-corrected chi connectivity index (χ0v) is 21.5. The van der Waals surface area contributed by atoms with Crippen molar-refractivity contribution in [3.8, 4) is 5.69 Å². The first kappa shape index (κ1) is 22.3. The summed E-state index contributed by atoms with van der Waals surface area (Å²) in [4.78, 5) is 6.13. The van der Waals surface area contributed by atoms with Crippen molar-refractivity contribution in [1.29, 1.82) is 0 Å². The molecule has 4 aromatic carbocycles. The molecular formula is C32H31N3O. The van der Waals surface area contributed by atoms with Crippen LogP contribution < -0.4 is 10.6 Å². The van der Waals surface area contributed by atoms with Crippen LogP contribution in [-0.4, -0.2) is 4.57 Å². The van der Waals surface area contributed by atoms with Gasteiger partial charge in [0, 0.05) is 22.0 Å². The SMILES string of the molecule is Cc1ccc2c(c1)c1cc(C)ccc1n2-c1ccc(N2NC=C(c3ccc(C(C)(C)C)cc3)O2)cc1. The number of hydrogen-bond donors (Lipinski definition) is 1. The van der Waals surface area contributed by atoms with Crippen molar-refractivity contribution < 1.29 is 4.84 Å². The molecule has 0 bridgehead atoms. The molecule has 0 saturated carbocycles. The Bertz CT molecular complexity index is 1560. The topological polar surface area (TPSA) is 29.4 Å². The summed E-state index contributed by atoms with van der Waals surface area (Å²) in [6.45, 7) is 11.0. The second kappa shape index (κ2) is 8.20. The third-order valence-corrected chi connectivity index (χ3v) is 6.96. The van der Waals surface area contributed by atoms with Crippen LogP contribution in [0.4, 0.5) is 5.69 Å². The van der Waals surface area contributed by atoms with Gasteiger partial charge in [0.15, 0.2) is 5.76 Å². The van der Waals surface area contributed by atoms with E-state index >= 15 is 0 Å². The minimum atomic E-state index is 0.128. The fraction of sp³-hybridized carbons (Fsp3) is 0.188. The molecule has 0 saturated heterocycles. The normalized spacial score (nSPS) is 13.7. The number of rotatable bonds is 3. The van der Waals surface area contributed by atoms with Crippen LogP contribution in [0.2, 0.25) is 0 Å². The van der Waals surface area contributed by atoms with Crippen molar-refractivity contribution in [2.45, 2.75) is 40.0 Å². The van der Waals surface area contributed by atoms with Crippen LogP contribution in [-0.2, 0) is 10.3 Å². The maximum absolute atomic E-state index is 6.13. The summed E-state index contributed by atoms with van der Waals surface area (Å²) in [5, 5.41) is 4.28. The van der Waals surface area contributed by atoms with E-state index in [9.17, 15) is 0 Å². The Balaban J connectivity index is 1.29. The molecule has 5 aromatic rings. The molecule has 0 spiro atoms. The highest BCUT2D eigenvalue weighted by molar-refractivity contribution is 6.09. The average molecular weight is 474 g/mol. The van der Waals surface area contributed by atoms with Crippen LogP contribution in [0.1, 0.15) is 43.0 Å². The number of aromatic nitrogens is 1. The molecule has 0 fully saturated rings. The van der Waals surface area contributed by atoms with E-state index in [-0.39, 0.29) is 5.41 Å². The minimum Gasteiger partial charge on any atom is -0.357 e. The van der Waals surface area contributed by atoms with Crippen LogP contribution >= 0.6 is 0 Å². The van der Waals surface area contributed by atoms with E-state index in [0.29, 0.717) is 0 Å². The van der Waals surface area contributed by atoms with Gasteiger partial charge in [-0.1, -0.05) is 68.3 Å². The highest BCUT2D eigenvalue weighted by Gasteiger charge is 2.20. The number of nitrogens with one attached hydrogen (secondary N) is 1. The molecule has 1 aliphatic heterocycles. The Labute approximate surface area is 212 Å². The maximum atomic E-state index is 6.13. The quantitative estimate of drug-likeness (QED) is 0.288. The molecule has 0 radical (unpaired) electrons. The smallest absolute Gasteiger partial charge is 0.182 e. The molecule has 2 heterocycles. The van der Waals surface area contributed by atoms with E-state index in [1.807, 2.05) is 6.20 Å². The van der Waals surface area contributed by atoms with Gasteiger partial charge in [-0.15, -0.1) is 5.17 Å². The van der Waals surface area contributed by atoms with E-state index < -0.39 is 0 Å². The summed E-state index contributed by atoms with van der Waals surface area (Å²) in [5.74, 6) is 0.799. The van der Waals surface area contributed by atoms with Gasteiger partial charge in [0.05, 0.1) is 22.9 Å². The molecule has 0 aliphatic carbocycles. The molecule has 4 heteroatoms. The molecule has 1 aliphatic rings. The predicted octanol–water partition coefficient (Wildman–Crippen LogP) is 7.95. The molecule has 4 nitrogen and oxygen atoms in total. The fourth-order valence-corrected chi connectivity index (χ4v) is 4.93. The number of benzene rings is 4. The Morgan fingerprint density at radius 1 is 0.667 bits per heavy atom. The van der Waals surface area contributed by atoms with Gasteiger partial charge in [0.2, 0.25) is 0 Å². The molecule has 0 atom stereocenters. The Morgan fingerprint density at radius 2 is 1.22 bits per heavy atom. The average Bonchev–Trinajstić information content (AvgIpc) is 3.47. The number of hydrazine groups is 1. The van der Waals surface area contributed by atoms with Crippen molar-refractivity contribution in [3.63, 3.8) is 0 Å². The molecule has 36 heavy (non-hydrogen) atoms. The van der Waals surface area contributed by atoms with Crippen molar-refractivity contribution in [2.24, 2.45) is 0 Å². The second-order valence-electron chi connectivity index (χ2n) is 10.7. The highest BCUT2D eigenvalue weighted by atomic mass is 16.7. The monoisotopic (exact) mass is 473 g/mol. The van der Waals surface area contributed by atoms with Gasteiger partial charge in [-0.3, -0.25) is 5.43 Å². The van der Waals surface area contributed by atoms with Gasteiger partial charge < -0.3 is 9.40 Å². The first-order valence-electron chi connectivity index (χ1n) is 12.5. The third-order valence-electron chi connectivity index (χ3n) is 6.96.